The number of nitrogens with one attached hydrogen (secondary N) is 2. The first kappa shape index (κ1) is 23.6. The highest BCUT2D eigenvalue weighted by Gasteiger charge is 2.17. The van der Waals surface area contributed by atoms with Gasteiger partial charge in [-0.05, 0) is 39.7 Å². The van der Waals surface area contributed by atoms with E-state index in [-0.39, 0.29) is 12.1 Å². The van der Waals surface area contributed by atoms with Gasteiger partial charge in [0.25, 0.3) is 11.8 Å². The minimum Gasteiger partial charge on any atom is -0.493 e. The fraction of sp³-hybridized carbons (Fsp3) is 0.148. The van der Waals surface area contributed by atoms with Crippen LogP contribution in [0.3, 0.4) is 0 Å². The van der Waals surface area contributed by atoms with Crippen molar-refractivity contribution in [2.75, 3.05) is 27.9 Å². The molecule has 0 bridgehead atoms. The van der Waals surface area contributed by atoms with Crippen molar-refractivity contribution in [1.82, 2.24) is 10.7 Å². The Morgan fingerprint density at radius 3 is 1.94 bits per heavy atom. The van der Waals surface area contributed by atoms with Gasteiger partial charge in [0, 0.05) is 11.1 Å². The molecule has 0 aliphatic heterocycles. The van der Waals surface area contributed by atoms with Crippen LogP contribution >= 0.6 is 0 Å². The molecule has 0 unspecified atom stereocenters. The smallest absolute Gasteiger partial charge is 0.259 e. The number of carbonyl (C=O) groups excluding carboxylic acids is 2. The molecule has 0 atom stereocenters. The van der Waals surface area contributed by atoms with Crippen molar-refractivity contribution in [3.8, 4) is 17.2 Å². The average Bonchev–Trinajstić information content (AvgIpc) is 2.90. The van der Waals surface area contributed by atoms with Crippen LogP contribution < -0.4 is 25.0 Å². The van der Waals surface area contributed by atoms with E-state index >= 15 is 0 Å². The molecule has 0 saturated heterocycles. The second-order valence-electron chi connectivity index (χ2n) is 7.62. The highest BCUT2D eigenvalue weighted by atomic mass is 16.5. The third kappa shape index (κ3) is 5.01. The van der Waals surface area contributed by atoms with Crippen LogP contribution in [0.1, 0.15) is 15.9 Å². The minimum atomic E-state index is -0.469. The van der Waals surface area contributed by atoms with Crippen molar-refractivity contribution in [3.63, 3.8) is 0 Å². The first-order chi connectivity index (χ1) is 17.0. The molecule has 0 radical (unpaired) electrons. The zero-order chi connectivity index (χ0) is 24.8. The average molecular weight is 472 g/mol. The summed E-state index contributed by atoms with van der Waals surface area (Å²) in [5.41, 5.74) is 3.64. The molecule has 0 aliphatic rings. The summed E-state index contributed by atoms with van der Waals surface area (Å²) in [5, 5.41) is 10.9. The lowest BCUT2D eigenvalue weighted by atomic mass is 9.97. The first-order valence-corrected chi connectivity index (χ1v) is 10.9. The van der Waals surface area contributed by atoms with E-state index in [0.717, 1.165) is 27.1 Å². The Balaban J connectivity index is 1.45. The molecule has 0 spiro atoms. The minimum absolute atomic E-state index is 0.261. The highest BCUT2D eigenvalue weighted by Crippen LogP contribution is 2.38. The van der Waals surface area contributed by atoms with Gasteiger partial charge >= 0.3 is 0 Å². The molecule has 0 heterocycles. The van der Waals surface area contributed by atoms with Gasteiger partial charge in [0.2, 0.25) is 5.75 Å². The molecule has 0 saturated carbocycles. The lowest BCUT2D eigenvalue weighted by Gasteiger charge is -2.14. The summed E-state index contributed by atoms with van der Waals surface area (Å²) in [6.07, 6.45) is 1.63. The summed E-state index contributed by atoms with van der Waals surface area (Å²) in [6.45, 7) is -0.261. The van der Waals surface area contributed by atoms with Gasteiger partial charge in [-0.1, -0.05) is 48.5 Å². The highest BCUT2D eigenvalue weighted by molar-refractivity contribution is 6.13. The van der Waals surface area contributed by atoms with E-state index in [0.29, 0.717) is 17.2 Å². The molecule has 4 aromatic carbocycles. The van der Waals surface area contributed by atoms with Gasteiger partial charge in [0.05, 0.1) is 34.1 Å². The maximum absolute atomic E-state index is 12.6. The van der Waals surface area contributed by atoms with E-state index in [1.165, 1.54) is 33.5 Å². The van der Waals surface area contributed by atoms with Crippen molar-refractivity contribution >= 4 is 39.6 Å². The third-order valence-corrected chi connectivity index (χ3v) is 5.53. The van der Waals surface area contributed by atoms with Crippen molar-refractivity contribution in [2.45, 2.75) is 0 Å². The Morgan fingerprint density at radius 1 is 0.829 bits per heavy atom. The Bertz CT molecular complexity index is 1350. The second kappa shape index (κ2) is 10.6. The van der Waals surface area contributed by atoms with Crippen LogP contribution in [-0.2, 0) is 4.79 Å². The zero-order valence-electron chi connectivity index (χ0n) is 19.6. The Morgan fingerprint density at radius 2 is 1.40 bits per heavy atom. The number of ether oxygens (including phenoxy) is 3. The van der Waals surface area contributed by atoms with E-state index in [2.05, 4.69) is 21.9 Å². The number of hydrazone groups is 1. The molecular formula is C27H25N3O5. The molecule has 0 aliphatic carbocycles. The van der Waals surface area contributed by atoms with Crippen molar-refractivity contribution < 1.29 is 23.8 Å². The molecule has 4 rings (SSSR count). The van der Waals surface area contributed by atoms with Gasteiger partial charge in [-0.2, -0.15) is 5.10 Å². The predicted molar refractivity (Wildman–Crippen MR) is 136 cm³/mol. The number of rotatable bonds is 8. The van der Waals surface area contributed by atoms with E-state index in [1.807, 2.05) is 48.5 Å². The first-order valence-electron chi connectivity index (χ1n) is 10.9. The molecule has 0 aromatic heterocycles. The quantitative estimate of drug-likeness (QED) is 0.231. The lowest BCUT2D eigenvalue weighted by Crippen LogP contribution is -2.35. The fourth-order valence-electron chi connectivity index (χ4n) is 3.87. The monoisotopic (exact) mass is 471 g/mol. The molecule has 35 heavy (non-hydrogen) atoms. The van der Waals surface area contributed by atoms with Gasteiger partial charge in [0.15, 0.2) is 11.5 Å². The number of hydrogen-bond donors (Lipinski definition) is 2. The van der Waals surface area contributed by atoms with Crippen LogP contribution in [0.25, 0.3) is 21.5 Å². The van der Waals surface area contributed by atoms with E-state index < -0.39 is 11.8 Å². The summed E-state index contributed by atoms with van der Waals surface area (Å²) in [4.78, 5) is 24.9. The summed E-state index contributed by atoms with van der Waals surface area (Å²) >= 11 is 0. The van der Waals surface area contributed by atoms with Crippen LogP contribution in [-0.4, -0.2) is 45.9 Å². The van der Waals surface area contributed by atoms with Gasteiger partial charge < -0.3 is 19.5 Å². The molecular weight excluding hydrogens is 446 g/mol. The topological polar surface area (TPSA) is 98.2 Å². The Hall–Kier alpha value is -4.59. The van der Waals surface area contributed by atoms with Crippen molar-refractivity contribution in [3.05, 3.63) is 77.9 Å². The summed E-state index contributed by atoms with van der Waals surface area (Å²) in [7, 11) is 4.40. The molecule has 2 amide bonds. The number of nitrogens with zero attached hydrogens (tertiary/aromatic N) is 1. The molecule has 8 heteroatoms. The summed E-state index contributed by atoms with van der Waals surface area (Å²) in [6, 6.07) is 21.2. The molecule has 4 aromatic rings. The number of fused-ring (bicyclic) bond motifs is 2. The van der Waals surface area contributed by atoms with Gasteiger partial charge in [-0.15, -0.1) is 0 Å². The predicted octanol–water partition coefficient (Wildman–Crippen LogP) is 3.90. The van der Waals surface area contributed by atoms with Crippen molar-refractivity contribution in [1.29, 1.82) is 0 Å². The van der Waals surface area contributed by atoms with Gasteiger partial charge in [-0.3, -0.25) is 9.59 Å². The summed E-state index contributed by atoms with van der Waals surface area (Å²) < 4.78 is 15.8. The third-order valence-electron chi connectivity index (χ3n) is 5.53. The Labute approximate surface area is 202 Å². The molecule has 178 valence electrons. The van der Waals surface area contributed by atoms with Crippen LogP contribution in [0.15, 0.2) is 71.8 Å². The SMILES string of the molecule is COc1cc(C(=O)NCC(=O)N/N=C/c2c3ccccc3cc3ccccc23)cc(OC)c1OC. The standard InChI is InChI=1S/C27H25N3O5/c1-33-23-13-19(14-24(34-2)26(23)35-3)27(32)28-16-25(31)30-29-15-22-20-10-6-4-8-17(20)12-18-9-5-7-11-21(18)22/h4-15H,16H2,1-3H3,(H,28,32)(H,30,31)/b29-15+. The maximum atomic E-state index is 12.6. The van der Waals surface area contributed by atoms with Crippen LogP contribution in [0, 0.1) is 0 Å². The number of benzene rings is 4. The number of hydrogen-bond acceptors (Lipinski definition) is 6. The number of carbonyl (C=O) groups is 2. The van der Waals surface area contributed by atoms with Crippen LogP contribution in [0.2, 0.25) is 0 Å². The van der Waals surface area contributed by atoms with Crippen LogP contribution in [0.4, 0.5) is 0 Å². The molecule has 8 nitrogen and oxygen atoms in total. The Kier molecular flexibility index (Phi) is 7.11. The molecule has 0 fully saturated rings. The lowest BCUT2D eigenvalue weighted by molar-refractivity contribution is -0.120. The van der Waals surface area contributed by atoms with Gasteiger partial charge in [-0.25, -0.2) is 5.43 Å². The fourth-order valence-corrected chi connectivity index (χ4v) is 3.87. The van der Waals surface area contributed by atoms with Crippen LogP contribution in [0.5, 0.6) is 17.2 Å². The maximum Gasteiger partial charge on any atom is 0.259 e. The van der Waals surface area contributed by atoms with E-state index in [1.54, 1.807) is 6.21 Å². The number of methoxy groups -OCH3 is 3. The van der Waals surface area contributed by atoms with E-state index in [4.69, 9.17) is 14.2 Å². The van der Waals surface area contributed by atoms with Crippen molar-refractivity contribution in [2.24, 2.45) is 5.10 Å². The largest absolute Gasteiger partial charge is 0.493 e. The van der Waals surface area contributed by atoms with E-state index in [9.17, 15) is 9.59 Å². The normalized spacial score (nSPS) is 10.9. The summed E-state index contributed by atoms with van der Waals surface area (Å²) in [5.74, 6) is 0.122. The second-order valence-corrected chi connectivity index (χ2v) is 7.62. The molecule has 2 N–H and O–H groups in total. The number of amides is 2. The van der Waals surface area contributed by atoms with Gasteiger partial charge in [0.1, 0.15) is 0 Å². The zero-order valence-corrected chi connectivity index (χ0v) is 19.6.